The maximum absolute atomic E-state index is 13.4. The van der Waals surface area contributed by atoms with Crippen LogP contribution in [0, 0.1) is 11.7 Å². The Morgan fingerprint density at radius 2 is 2.04 bits per heavy atom. The average molecular weight is 338 g/mol. The molecule has 1 aliphatic heterocycles. The Kier molecular flexibility index (Phi) is 6.28. The Hall–Kier alpha value is -1.99. The van der Waals surface area contributed by atoms with E-state index in [1.54, 1.807) is 18.2 Å². The Labute approximate surface area is 140 Å². The van der Waals surface area contributed by atoms with Crippen molar-refractivity contribution < 1.29 is 23.8 Å². The molecule has 2 atom stereocenters. The number of aliphatic hydroxyl groups is 1. The molecule has 132 valence electrons. The van der Waals surface area contributed by atoms with E-state index in [-0.39, 0.29) is 37.4 Å². The van der Waals surface area contributed by atoms with Crippen molar-refractivity contribution in [2.45, 2.75) is 39.0 Å². The number of hydrogen-bond donors (Lipinski definition) is 2. The van der Waals surface area contributed by atoms with Crippen molar-refractivity contribution >= 4 is 11.9 Å². The molecule has 1 heterocycles. The second-order valence-electron chi connectivity index (χ2n) is 6.34. The second-order valence-corrected chi connectivity index (χ2v) is 6.34. The normalized spacial score (nSPS) is 19.0. The third kappa shape index (κ3) is 4.75. The number of carbonyl (C=O) groups excluding carboxylic acids is 2. The maximum atomic E-state index is 13.4. The molecule has 0 unspecified atom stereocenters. The highest BCUT2D eigenvalue weighted by Gasteiger charge is 2.38. The van der Waals surface area contributed by atoms with Gasteiger partial charge in [-0.2, -0.15) is 0 Å². The van der Waals surface area contributed by atoms with E-state index in [0.29, 0.717) is 12.0 Å². The van der Waals surface area contributed by atoms with Crippen LogP contribution in [0.1, 0.15) is 25.8 Å². The molecule has 1 saturated heterocycles. The van der Waals surface area contributed by atoms with Gasteiger partial charge in [0.25, 0.3) is 5.91 Å². The minimum absolute atomic E-state index is 0.0137. The molecule has 1 aliphatic rings. The topological polar surface area (TPSA) is 78.9 Å². The minimum atomic E-state index is -1.02. The zero-order chi connectivity index (χ0) is 17.7. The summed E-state index contributed by atoms with van der Waals surface area (Å²) in [6.07, 6.45) is -0.467. The van der Waals surface area contributed by atoms with Crippen molar-refractivity contribution in [2.24, 2.45) is 5.92 Å². The van der Waals surface area contributed by atoms with Gasteiger partial charge in [0.2, 0.25) is 0 Å². The summed E-state index contributed by atoms with van der Waals surface area (Å²) in [5.41, 5.74) is 0.386. The van der Waals surface area contributed by atoms with Gasteiger partial charge < -0.3 is 15.2 Å². The summed E-state index contributed by atoms with van der Waals surface area (Å²) in [6.45, 7) is 3.71. The lowest BCUT2D eigenvalue weighted by molar-refractivity contribution is -0.129. The molecular formula is C17H23FN2O4. The number of halogens is 1. The third-order valence-corrected chi connectivity index (χ3v) is 3.73. The first-order valence-corrected chi connectivity index (χ1v) is 7.99. The van der Waals surface area contributed by atoms with Crippen LogP contribution in [0.15, 0.2) is 24.3 Å². The summed E-state index contributed by atoms with van der Waals surface area (Å²) in [7, 11) is 0. The first kappa shape index (κ1) is 18.4. The molecule has 0 radical (unpaired) electrons. The second kappa shape index (κ2) is 8.21. The third-order valence-electron chi connectivity index (χ3n) is 3.73. The van der Waals surface area contributed by atoms with Gasteiger partial charge >= 0.3 is 6.03 Å². The molecule has 0 aliphatic carbocycles. The van der Waals surface area contributed by atoms with Crippen molar-refractivity contribution in [1.29, 1.82) is 0 Å². The van der Waals surface area contributed by atoms with Crippen molar-refractivity contribution in [2.75, 3.05) is 13.2 Å². The number of rotatable bonds is 8. The van der Waals surface area contributed by atoms with Crippen LogP contribution in [0.3, 0.4) is 0 Å². The van der Waals surface area contributed by atoms with Gasteiger partial charge in [-0.05, 0) is 18.4 Å². The van der Waals surface area contributed by atoms with E-state index in [9.17, 15) is 19.1 Å². The summed E-state index contributed by atoms with van der Waals surface area (Å²) < 4.78 is 18.7. The fraction of sp³-hybridized carbons (Fsp3) is 0.529. The Morgan fingerprint density at radius 1 is 1.33 bits per heavy atom. The molecule has 2 rings (SSSR count). The molecule has 7 heteroatoms. The minimum Gasteiger partial charge on any atom is -0.389 e. The number of β-amino-alcohol motifs (C(OH)–C–C–N with tert-alkyl or cyclic N) is 1. The number of ether oxygens (including phenoxy) is 1. The van der Waals surface area contributed by atoms with Crippen molar-refractivity contribution in [1.82, 2.24) is 10.2 Å². The predicted molar refractivity (Wildman–Crippen MR) is 85.6 cm³/mol. The highest BCUT2D eigenvalue weighted by Crippen LogP contribution is 2.15. The number of benzene rings is 1. The van der Waals surface area contributed by atoms with Crippen LogP contribution in [0.4, 0.5) is 9.18 Å². The summed E-state index contributed by atoms with van der Waals surface area (Å²) >= 11 is 0. The van der Waals surface area contributed by atoms with Crippen LogP contribution >= 0.6 is 0 Å². The summed E-state index contributed by atoms with van der Waals surface area (Å²) in [6, 6.07) is 5.16. The smallest absolute Gasteiger partial charge is 0.324 e. The molecule has 1 fully saturated rings. The number of nitrogens with zero attached hydrogens (tertiary/aromatic N) is 1. The largest absolute Gasteiger partial charge is 0.389 e. The Bertz CT molecular complexity index is 594. The van der Waals surface area contributed by atoms with E-state index < -0.39 is 18.2 Å². The standard InChI is InChI=1S/C17H23FN2O4/c1-11(2)7-15-16(22)20(17(23)19-15)8-13(21)10-24-9-12-5-3-4-6-14(12)18/h3-6,11,13,15,21H,7-10H2,1-2H3,(H,19,23)/t13-,15-/m0/s1. The van der Waals surface area contributed by atoms with E-state index in [0.717, 1.165) is 4.90 Å². The highest BCUT2D eigenvalue weighted by molar-refractivity contribution is 6.04. The molecular weight excluding hydrogens is 315 g/mol. The SMILES string of the molecule is CC(C)C[C@@H]1NC(=O)N(C[C@H](O)COCc2ccccc2F)C1=O. The van der Waals surface area contributed by atoms with E-state index in [4.69, 9.17) is 4.74 Å². The molecule has 1 aromatic rings. The van der Waals surface area contributed by atoms with Gasteiger partial charge in [-0.15, -0.1) is 0 Å². The summed E-state index contributed by atoms with van der Waals surface area (Å²) in [4.78, 5) is 25.0. The first-order chi connectivity index (χ1) is 11.4. The molecule has 2 N–H and O–H groups in total. The zero-order valence-electron chi connectivity index (χ0n) is 13.9. The van der Waals surface area contributed by atoms with E-state index in [2.05, 4.69) is 5.32 Å². The fourth-order valence-corrected chi connectivity index (χ4v) is 2.56. The van der Waals surface area contributed by atoms with Gasteiger partial charge in [-0.3, -0.25) is 9.69 Å². The molecule has 3 amide bonds. The lowest BCUT2D eigenvalue weighted by Gasteiger charge is -2.18. The van der Waals surface area contributed by atoms with Gasteiger partial charge in [0.1, 0.15) is 11.9 Å². The number of hydrogen-bond acceptors (Lipinski definition) is 4. The maximum Gasteiger partial charge on any atom is 0.324 e. The van der Waals surface area contributed by atoms with Gasteiger partial charge in [0, 0.05) is 5.56 Å². The molecule has 0 spiro atoms. The summed E-state index contributed by atoms with van der Waals surface area (Å²) in [5.74, 6) is -0.437. The number of imide groups is 1. The van der Waals surface area contributed by atoms with Crippen LogP contribution in [0.25, 0.3) is 0 Å². The average Bonchev–Trinajstić information content (AvgIpc) is 2.76. The fourth-order valence-electron chi connectivity index (χ4n) is 2.56. The van der Waals surface area contributed by atoms with Crippen LogP contribution in [-0.4, -0.2) is 47.2 Å². The lowest BCUT2D eigenvalue weighted by atomic mass is 10.0. The van der Waals surface area contributed by atoms with Crippen molar-refractivity contribution in [3.8, 4) is 0 Å². The van der Waals surface area contributed by atoms with Crippen LogP contribution < -0.4 is 5.32 Å². The summed E-state index contributed by atoms with van der Waals surface area (Å²) in [5, 5.41) is 12.6. The van der Waals surface area contributed by atoms with Gasteiger partial charge in [0.05, 0.1) is 25.9 Å². The van der Waals surface area contributed by atoms with E-state index >= 15 is 0 Å². The number of urea groups is 1. The van der Waals surface area contributed by atoms with Gasteiger partial charge in [-0.25, -0.2) is 9.18 Å². The Morgan fingerprint density at radius 3 is 2.71 bits per heavy atom. The van der Waals surface area contributed by atoms with Crippen LogP contribution in [-0.2, 0) is 16.1 Å². The first-order valence-electron chi connectivity index (χ1n) is 7.99. The predicted octanol–water partition coefficient (Wildman–Crippen LogP) is 1.67. The molecule has 24 heavy (non-hydrogen) atoms. The van der Waals surface area contributed by atoms with Gasteiger partial charge in [0.15, 0.2) is 0 Å². The van der Waals surface area contributed by atoms with E-state index in [1.807, 2.05) is 13.8 Å². The quantitative estimate of drug-likeness (QED) is 0.707. The van der Waals surface area contributed by atoms with Crippen molar-refractivity contribution in [3.63, 3.8) is 0 Å². The Balaban J connectivity index is 1.79. The number of nitrogens with one attached hydrogen (secondary N) is 1. The van der Waals surface area contributed by atoms with Crippen LogP contribution in [0.5, 0.6) is 0 Å². The monoisotopic (exact) mass is 338 g/mol. The number of carbonyl (C=O) groups is 2. The highest BCUT2D eigenvalue weighted by atomic mass is 19.1. The number of aliphatic hydroxyl groups excluding tert-OH is 1. The molecule has 0 saturated carbocycles. The van der Waals surface area contributed by atoms with Crippen LogP contribution in [0.2, 0.25) is 0 Å². The molecule has 6 nitrogen and oxygen atoms in total. The molecule has 0 bridgehead atoms. The van der Waals surface area contributed by atoms with Crippen molar-refractivity contribution in [3.05, 3.63) is 35.6 Å². The van der Waals surface area contributed by atoms with E-state index in [1.165, 1.54) is 6.07 Å². The lowest BCUT2D eigenvalue weighted by Crippen LogP contribution is -2.39. The molecule has 0 aromatic heterocycles. The number of amides is 3. The molecule has 1 aromatic carbocycles. The zero-order valence-corrected chi connectivity index (χ0v) is 13.9. The van der Waals surface area contributed by atoms with Gasteiger partial charge in [-0.1, -0.05) is 32.0 Å².